The maximum atomic E-state index is 13.0. The third-order valence-corrected chi connectivity index (χ3v) is 6.77. The molecule has 0 bridgehead atoms. The molecule has 6 nitrogen and oxygen atoms in total. The minimum absolute atomic E-state index is 0.0940. The van der Waals surface area contributed by atoms with E-state index in [1.165, 1.54) is 24.5 Å². The zero-order valence-electron chi connectivity index (χ0n) is 17.9. The lowest BCUT2D eigenvalue weighted by atomic mass is 9.99. The molecule has 0 spiro atoms. The second-order valence-corrected chi connectivity index (χ2v) is 8.62. The first-order valence-electron chi connectivity index (χ1n) is 10.3. The van der Waals surface area contributed by atoms with Gasteiger partial charge in [0.1, 0.15) is 11.5 Å². The van der Waals surface area contributed by atoms with E-state index in [-0.39, 0.29) is 11.3 Å². The summed E-state index contributed by atoms with van der Waals surface area (Å²) >= 11 is 7.67. The summed E-state index contributed by atoms with van der Waals surface area (Å²) in [6, 6.07) is 7.93. The number of Topliss-reactive ketones (excluding diaryl/α,β-unsaturated/α-hetero) is 1. The number of hydrogen-bond acceptors (Lipinski definition) is 6. The summed E-state index contributed by atoms with van der Waals surface area (Å²) in [5, 5.41) is 13.3. The fraction of sp³-hybridized carbons (Fsp3) is 0.391. The molecule has 2 aromatic rings. The lowest BCUT2D eigenvalue weighted by Gasteiger charge is -2.25. The summed E-state index contributed by atoms with van der Waals surface area (Å²) in [7, 11) is 1.50. The van der Waals surface area contributed by atoms with Gasteiger partial charge in [0.15, 0.2) is 0 Å². The highest BCUT2D eigenvalue weighted by molar-refractivity contribution is 7.10. The van der Waals surface area contributed by atoms with Crippen LogP contribution < -0.4 is 4.74 Å². The van der Waals surface area contributed by atoms with E-state index in [0.717, 1.165) is 30.9 Å². The van der Waals surface area contributed by atoms with Crippen LogP contribution in [0.1, 0.15) is 36.8 Å². The van der Waals surface area contributed by atoms with Crippen LogP contribution >= 0.6 is 22.9 Å². The largest absolute Gasteiger partial charge is 0.507 e. The van der Waals surface area contributed by atoms with Crippen molar-refractivity contribution in [1.82, 2.24) is 9.80 Å². The lowest BCUT2D eigenvalue weighted by Crippen LogP contribution is -2.33. The van der Waals surface area contributed by atoms with E-state index in [1.54, 1.807) is 17.0 Å². The first kappa shape index (κ1) is 23.3. The summed E-state index contributed by atoms with van der Waals surface area (Å²) in [6.45, 7) is 7.33. The van der Waals surface area contributed by atoms with E-state index < -0.39 is 17.7 Å². The molecule has 1 atom stereocenters. The van der Waals surface area contributed by atoms with Crippen molar-refractivity contribution < 1.29 is 19.4 Å². The van der Waals surface area contributed by atoms with Gasteiger partial charge < -0.3 is 19.6 Å². The number of aliphatic hydroxyl groups excluding tert-OH is 1. The molecule has 1 saturated heterocycles. The first-order chi connectivity index (χ1) is 14.9. The molecule has 0 unspecified atom stereocenters. The number of amides is 1. The number of ether oxygens (including phenoxy) is 1. The number of rotatable bonds is 9. The predicted octanol–water partition coefficient (Wildman–Crippen LogP) is 4.56. The minimum atomic E-state index is -0.675. The maximum Gasteiger partial charge on any atom is 0.295 e. The van der Waals surface area contributed by atoms with Crippen molar-refractivity contribution in [1.29, 1.82) is 0 Å². The number of ketones is 1. The van der Waals surface area contributed by atoms with Crippen molar-refractivity contribution in [3.8, 4) is 5.75 Å². The number of halogens is 1. The molecule has 1 aromatic heterocycles. The zero-order valence-corrected chi connectivity index (χ0v) is 19.5. The normalized spacial score (nSPS) is 18.2. The van der Waals surface area contributed by atoms with Crippen LogP contribution in [0, 0.1) is 0 Å². The van der Waals surface area contributed by atoms with Crippen LogP contribution in [0.5, 0.6) is 5.75 Å². The van der Waals surface area contributed by atoms with Gasteiger partial charge in [-0.05, 0) is 55.7 Å². The van der Waals surface area contributed by atoms with Gasteiger partial charge in [0, 0.05) is 17.0 Å². The molecule has 1 N–H and O–H groups in total. The van der Waals surface area contributed by atoms with Gasteiger partial charge in [0.05, 0.1) is 23.7 Å². The van der Waals surface area contributed by atoms with Crippen molar-refractivity contribution in [2.45, 2.75) is 26.3 Å². The van der Waals surface area contributed by atoms with E-state index in [4.69, 9.17) is 16.3 Å². The Morgan fingerprint density at radius 1 is 1.26 bits per heavy atom. The van der Waals surface area contributed by atoms with Gasteiger partial charge in [-0.25, -0.2) is 0 Å². The third-order valence-electron chi connectivity index (χ3n) is 5.55. The average Bonchev–Trinajstić information content (AvgIpc) is 3.38. The number of thiophene rings is 1. The van der Waals surface area contributed by atoms with Crippen molar-refractivity contribution in [3.63, 3.8) is 0 Å². The molecule has 1 aromatic carbocycles. The van der Waals surface area contributed by atoms with E-state index in [9.17, 15) is 14.7 Å². The van der Waals surface area contributed by atoms with Gasteiger partial charge in [-0.2, -0.15) is 0 Å². The Labute approximate surface area is 191 Å². The van der Waals surface area contributed by atoms with E-state index in [1.807, 2.05) is 17.5 Å². The molecule has 0 radical (unpaired) electrons. The average molecular weight is 463 g/mol. The van der Waals surface area contributed by atoms with Gasteiger partial charge in [-0.1, -0.05) is 31.5 Å². The number of carbonyl (C=O) groups excluding carboxylic acids is 2. The fourth-order valence-corrected chi connectivity index (χ4v) is 4.93. The first-order valence-corrected chi connectivity index (χ1v) is 11.6. The number of carbonyl (C=O) groups is 2. The molecule has 31 heavy (non-hydrogen) atoms. The van der Waals surface area contributed by atoms with Gasteiger partial charge in [0.25, 0.3) is 11.7 Å². The van der Waals surface area contributed by atoms with E-state index in [0.29, 0.717) is 22.9 Å². The second kappa shape index (κ2) is 10.3. The van der Waals surface area contributed by atoms with Gasteiger partial charge in [-0.15, -0.1) is 11.3 Å². The smallest absolute Gasteiger partial charge is 0.295 e. The minimum Gasteiger partial charge on any atom is -0.507 e. The van der Waals surface area contributed by atoms with Crippen LogP contribution in [0.3, 0.4) is 0 Å². The zero-order chi connectivity index (χ0) is 22.5. The molecule has 1 aliphatic rings. The monoisotopic (exact) mass is 462 g/mol. The highest BCUT2D eigenvalue weighted by Crippen LogP contribution is 2.41. The maximum absolute atomic E-state index is 13.0. The molecule has 1 aliphatic heterocycles. The number of likely N-dealkylation sites (tertiary alicyclic amines) is 1. The lowest BCUT2D eigenvalue weighted by molar-refractivity contribution is -0.139. The van der Waals surface area contributed by atoms with Crippen LogP contribution in [0.25, 0.3) is 5.76 Å². The van der Waals surface area contributed by atoms with E-state index in [2.05, 4.69) is 18.7 Å². The molecule has 3 rings (SSSR count). The van der Waals surface area contributed by atoms with E-state index >= 15 is 0 Å². The SMILES string of the molecule is CCN(CC)CCCN1C(=O)C(=O)/C(=C(/O)c2ccc(OC)c(Cl)c2)[C@H]1c1cccs1. The standard InChI is InChI=1S/C23H27ClN2O4S/c1-4-25(5-2)11-7-12-26-20(18-8-6-13-31-18)19(22(28)23(26)29)21(27)15-9-10-17(30-3)16(24)14-15/h6,8-10,13-14,20,27H,4-5,7,11-12H2,1-3H3/b21-19+/t20-/m1/s1. The highest BCUT2D eigenvalue weighted by atomic mass is 35.5. The second-order valence-electron chi connectivity index (χ2n) is 7.24. The molecule has 1 fully saturated rings. The van der Waals surface area contributed by atoms with Crippen LogP contribution in [0.15, 0.2) is 41.3 Å². The topological polar surface area (TPSA) is 70.1 Å². The summed E-state index contributed by atoms with van der Waals surface area (Å²) in [5.41, 5.74) is 0.463. The molecule has 166 valence electrons. The molecule has 8 heteroatoms. The molecule has 1 amide bonds. The van der Waals surface area contributed by atoms with Crippen molar-refractivity contribution in [3.05, 3.63) is 56.7 Å². The number of methoxy groups -OCH3 is 1. The van der Waals surface area contributed by atoms with Crippen molar-refractivity contribution in [2.24, 2.45) is 0 Å². The van der Waals surface area contributed by atoms with Crippen LogP contribution in [-0.4, -0.2) is 59.9 Å². The number of hydrogen-bond donors (Lipinski definition) is 1. The van der Waals surface area contributed by atoms with Gasteiger partial charge in [0.2, 0.25) is 0 Å². The fourth-order valence-electron chi connectivity index (χ4n) is 3.83. The summed E-state index contributed by atoms with van der Waals surface area (Å²) in [5.74, 6) is -1.03. The Morgan fingerprint density at radius 3 is 2.58 bits per heavy atom. The van der Waals surface area contributed by atoms with Crippen molar-refractivity contribution in [2.75, 3.05) is 33.3 Å². The van der Waals surface area contributed by atoms with Crippen LogP contribution in [0.2, 0.25) is 5.02 Å². The van der Waals surface area contributed by atoms with Crippen LogP contribution in [-0.2, 0) is 9.59 Å². The Morgan fingerprint density at radius 2 is 2.00 bits per heavy atom. The Bertz CT molecular complexity index is 970. The predicted molar refractivity (Wildman–Crippen MR) is 124 cm³/mol. The Hall–Kier alpha value is -2.35. The number of aliphatic hydroxyl groups is 1. The van der Waals surface area contributed by atoms with Gasteiger partial charge >= 0.3 is 0 Å². The number of nitrogens with zero attached hydrogens (tertiary/aromatic N) is 2. The summed E-state index contributed by atoms with van der Waals surface area (Å²) in [6.07, 6.45) is 0.741. The highest BCUT2D eigenvalue weighted by Gasteiger charge is 2.46. The molecular weight excluding hydrogens is 436 g/mol. The third kappa shape index (κ3) is 4.79. The summed E-state index contributed by atoms with van der Waals surface area (Å²) < 4.78 is 5.16. The molecular formula is C23H27ClN2O4S. The summed E-state index contributed by atoms with van der Waals surface area (Å²) in [4.78, 5) is 30.6. The van der Waals surface area contributed by atoms with Gasteiger partial charge in [-0.3, -0.25) is 9.59 Å². The Balaban J connectivity index is 1.98. The Kier molecular flexibility index (Phi) is 7.75. The molecule has 2 heterocycles. The number of benzene rings is 1. The molecule has 0 aliphatic carbocycles. The van der Waals surface area contributed by atoms with Crippen molar-refractivity contribution >= 4 is 40.4 Å². The molecule has 0 saturated carbocycles. The quantitative estimate of drug-likeness (QED) is 0.336. The van der Waals surface area contributed by atoms with Crippen LogP contribution in [0.4, 0.5) is 0 Å².